The predicted molar refractivity (Wildman–Crippen MR) is 102 cm³/mol. The maximum Gasteiger partial charge on any atom is 0.0795 e. The minimum absolute atomic E-state index is 0.108. The highest BCUT2D eigenvalue weighted by atomic mass is 32.1. The lowest BCUT2D eigenvalue weighted by molar-refractivity contribution is 0.121. The monoisotopic (exact) mass is 359 g/mol. The molecule has 0 amide bonds. The average molecular weight is 360 g/mol. The van der Waals surface area contributed by atoms with Crippen molar-refractivity contribution in [1.82, 2.24) is 25.0 Å². The van der Waals surface area contributed by atoms with Gasteiger partial charge in [0.1, 0.15) is 0 Å². The van der Waals surface area contributed by atoms with Crippen molar-refractivity contribution < 1.29 is 0 Å². The fourth-order valence-corrected chi connectivity index (χ4v) is 4.74. The van der Waals surface area contributed by atoms with Gasteiger partial charge in [-0.2, -0.15) is 5.10 Å². The number of thiazole rings is 1. The van der Waals surface area contributed by atoms with Crippen molar-refractivity contribution in [2.45, 2.75) is 58.2 Å². The van der Waals surface area contributed by atoms with Crippen molar-refractivity contribution in [2.24, 2.45) is 5.92 Å². The summed E-state index contributed by atoms with van der Waals surface area (Å²) in [5, 5.41) is 9.99. The van der Waals surface area contributed by atoms with Gasteiger partial charge in [-0.1, -0.05) is 20.8 Å². The molecule has 5 rings (SSSR count). The Morgan fingerprint density at radius 1 is 1.20 bits per heavy atom. The van der Waals surface area contributed by atoms with Gasteiger partial charge in [-0.05, 0) is 24.8 Å². The second-order valence-electron chi connectivity index (χ2n) is 8.73. The van der Waals surface area contributed by atoms with Crippen LogP contribution in [0.5, 0.6) is 0 Å². The van der Waals surface area contributed by atoms with Gasteiger partial charge in [-0.3, -0.25) is 14.9 Å². The van der Waals surface area contributed by atoms with E-state index < -0.39 is 0 Å². The third kappa shape index (κ3) is 3.96. The third-order valence-corrected chi connectivity index (χ3v) is 6.18. The number of aromatic amines is 1. The Morgan fingerprint density at radius 2 is 2.08 bits per heavy atom. The van der Waals surface area contributed by atoms with Crippen molar-refractivity contribution >= 4 is 11.3 Å². The normalized spacial score (nSPS) is 25.4. The molecule has 0 aromatic carbocycles. The lowest BCUT2D eigenvalue weighted by atomic mass is 9.92. The Hall–Kier alpha value is -1.24. The lowest BCUT2D eigenvalue weighted by Gasteiger charge is -2.35. The van der Waals surface area contributed by atoms with Crippen LogP contribution in [0.15, 0.2) is 17.0 Å². The second-order valence-corrected chi connectivity index (χ2v) is 9.45. The van der Waals surface area contributed by atoms with E-state index in [2.05, 4.69) is 57.2 Å². The van der Waals surface area contributed by atoms with Crippen LogP contribution in [-0.4, -0.2) is 50.7 Å². The number of fused-ring (bicyclic) bond motifs is 4. The lowest BCUT2D eigenvalue weighted by Crippen LogP contribution is -2.43. The Labute approximate surface area is 154 Å². The molecular formula is C19H29N5S. The number of piperidine rings is 1. The molecule has 3 saturated heterocycles. The summed E-state index contributed by atoms with van der Waals surface area (Å²) in [7, 11) is 0. The van der Waals surface area contributed by atoms with Gasteiger partial charge >= 0.3 is 0 Å². The van der Waals surface area contributed by atoms with Crippen LogP contribution < -0.4 is 0 Å². The van der Waals surface area contributed by atoms with E-state index in [0.29, 0.717) is 6.04 Å². The Kier molecular flexibility index (Phi) is 4.69. The van der Waals surface area contributed by atoms with E-state index in [1.165, 1.54) is 37.3 Å². The Morgan fingerprint density at radius 3 is 2.80 bits per heavy atom. The molecule has 2 bridgehead atoms. The summed E-state index contributed by atoms with van der Waals surface area (Å²) in [4.78, 5) is 9.77. The molecule has 3 fully saturated rings. The smallest absolute Gasteiger partial charge is 0.0795 e. The van der Waals surface area contributed by atoms with Crippen molar-refractivity contribution in [2.75, 3.05) is 19.6 Å². The van der Waals surface area contributed by atoms with E-state index in [-0.39, 0.29) is 5.41 Å². The number of rotatable bonds is 4. The molecule has 3 aliphatic heterocycles. The minimum Gasteiger partial charge on any atom is -0.296 e. The zero-order valence-electron chi connectivity index (χ0n) is 15.5. The zero-order valence-corrected chi connectivity index (χ0v) is 16.4. The molecule has 2 aromatic heterocycles. The molecule has 2 aromatic rings. The molecule has 136 valence electrons. The number of hydrogen-bond donors (Lipinski definition) is 1. The number of nitrogens with one attached hydrogen (secondary N) is 1. The van der Waals surface area contributed by atoms with E-state index in [4.69, 9.17) is 0 Å². The van der Waals surface area contributed by atoms with Gasteiger partial charge in [-0.15, -0.1) is 11.3 Å². The molecule has 0 spiro atoms. The molecule has 3 aliphatic rings. The minimum atomic E-state index is 0.108. The van der Waals surface area contributed by atoms with Crippen LogP contribution in [0, 0.1) is 5.92 Å². The van der Waals surface area contributed by atoms with Crippen LogP contribution in [0.2, 0.25) is 0 Å². The average Bonchev–Trinajstić information content (AvgIpc) is 3.14. The summed E-state index contributed by atoms with van der Waals surface area (Å²) in [6.45, 7) is 12.2. The summed E-state index contributed by atoms with van der Waals surface area (Å²) >= 11 is 1.70. The first-order chi connectivity index (χ1) is 12.0. The van der Waals surface area contributed by atoms with Gasteiger partial charge in [0, 0.05) is 55.3 Å². The van der Waals surface area contributed by atoms with Crippen molar-refractivity contribution in [3.63, 3.8) is 0 Å². The molecular weight excluding hydrogens is 330 g/mol. The number of nitrogens with zero attached hydrogens (tertiary/aromatic N) is 4. The Balaban J connectivity index is 1.43. The second kappa shape index (κ2) is 6.82. The van der Waals surface area contributed by atoms with Crippen LogP contribution in [-0.2, 0) is 18.5 Å². The SMILES string of the molecule is CC(C)(C)c1cc(CN2C[C@H]3CC[C@@H]2CN(Cc2cscn2)C3)[nH]n1. The summed E-state index contributed by atoms with van der Waals surface area (Å²) in [6, 6.07) is 2.91. The molecule has 2 atom stereocenters. The van der Waals surface area contributed by atoms with Crippen LogP contribution in [0.1, 0.15) is 50.7 Å². The highest BCUT2D eigenvalue weighted by Crippen LogP contribution is 2.30. The van der Waals surface area contributed by atoms with Crippen LogP contribution in [0.3, 0.4) is 0 Å². The summed E-state index contributed by atoms with van der Waals surface area (Å²) in [5.74, 6) is 0.780. The summed E-state index contributed by atoms with van der Waals surface area (Å²) in [6.07, 6.45) is 2.68. The van der Waals surface area contributed by atoms with E-state index in [1.54, 1.807) is 11.3 Å². The summed E-state index contributed by atoms with van der Waals surface area (Å²) in [5.41, 5.74) is 5.69. The standard InChI is InChI=1S/C19H29N5S/c1-19(2,3)18-6-15(21-22-18)10-24-8-14-4-5-17(24)11-23(7-14)9-16-12-25-13-20-16/h6,12-14,17H,4-5,7-11H2,1-3H3,(H,21,22)/t14-,17+/m0/s1. The first-order valence-corrected chi connectivity index (χ1v) is 10.3. The predicted octanol–water partition coefficient (Wildman–Crippen LogP) is 3.26. The van der Waals surface area contributed by atoms with Crippen molar-refractivity contribution in [3.05, 3.63) is 34.0 Å². The molecule has 0 radical (unpaired) electrons. The molecule has 5 nitrogen and oxygen atoms in total. The quantitative estimate of drug-likeness (QED) is 0.910. The highest BCUT2D eigenvalue weighted by Gasteiger charge is 2.35. The molecule has 25 heavy (non-hydrogen) atoms. The molecule has 0 saturated carbocycles. The van der Waals surface area contributed by atoms with Gasteiger partial charge in [0.15, 0.2) is 0 Å². The van der Waals surface area contributed by atoms with Gasteiger partial charge < -0.3 is 0 Å². The molecule has 0 aliphatic carbocycles. The maximum atomic E-state index is 4.53. The van der Waals surface area contributed by atoms with E-state index in [0.717, 1.165) is 31.2 Å². The molecule has 6 heteroatoms. The first-order valence-electron chi connectivity index (χ1n) is 9.35. The first kappa shape index (κ1) is 17.2. The van der Waals surface area contributed by atoms with Crippen LogP contribution in [0.4, 0.5) is 0 Å². The molecule has 1 N–H and O–H groups in total. The summed E-state index contributed by atoms with van der Waals surface area (Å²) < 4.78 is 0. The van der Waals surface area contributed by atoms with E-state index in [1.807, 2.05) is 5.51 Å². The van der Waals surface area contributed by atoms with E-state index >= 15 is 0 Å². The molecule has 0 unspecified atom stereocenters. The third-order valence-electron chi connectivity index (χ3n) is 5.54. The topological polar surface area (TPSA) is 48.0 Å². The number of aromatic nitrogens is 3. The maximum absolute atomic E-state index is 4.53. The number of H-pyrrole nitrogens is 1. The number of hydrogen-bond acceptors (Lipinski definition) is 5. The van der Waals surface area contributed by atoms with Gasteiger partial charge in [0.25, 0.3) is 0 Å². The van der Waals surface area contributed by atoms with Gasteiger partial charge in [0.2, 0.25) is 0 Å². The highest BCUT2D eigenvalue weighted by molar-refractivity contribution is 7.07. The zero-order chi connectivity index (χ0) is 17.4. The fourth-order valence-electron chi connectivity index (χ4n) is 4.19. The largest absolute Gasteiger partial charge is 0.296 e. The van der Waals surface area contributed by atoms with Crippen molar-refractivity contribution in [3.8, 4) is 0 Å². The van der Waals surface area contributed by atoms with Crippen LogP contribution in [0.25, 0.3) is 0 Å². The fraction of sp³-hybridized carbons (Fsp3) is 0.684. The van der Waals surface area contributed by atoms with Gasteiger partial charge in [0.05, 0.1) is 16.9 Å². The van der Waals surface area contributed by atoms with Crippen LogP contribution >= 0.6 is 11.3 Å². The molecule has 5 heterocycles. The Bertz CT molecular complexity index is 687. The van der Waals surface area contributed by atoms with Crippen molar-refractivity contribution in [1.29, 1.82) is 0 Å². The van der Waals surface area contributed by atoms with Gasteiger partial charge in [-0.25, -0.2) is 4.98 Å². The van der Waals surface area contributed by atoms with E-state index in [9.17, 15) is 0 Å².